The minimum atomic E-state index is -1.20. The van der Waals surface area contributed by atoms with Crippen molar-refractivity contribution < 1.29 is 98.5 Å². The smallest absolute Gasteiger partial charge is 0.331 e. The maximum Gasteiger partial charge on any atom is 0.331 e. The lowest BCUT2D eigenvalue weighted by Gasteiger charge is -2.38. The Morgan fingerprint density at radius 2 is 0.990 bits per heavy atom. The molecule has 0 amide bonds. The van der Waals surface area contributed by atoms with Gasteiger partial charge in [0, 0.05) is 82.5 Å². The molecule has 2 fully saturated rings. The highest BCUT2D eigenvalue weighted by molar-refractivity contribution is 5.83. The maximum atomic E-state index is 13.9. The summed E-state index contributed by atoms with van der Waals surface area (Å²) in [6.07, 6.45) is 14.3. The molecular weight excluding hydrogens is 1260 g/mol. The first-order valence-electron chi connectivity index (χ1n) is 37.2. The van der Waals surface area contributed by atoms with Crippen LogP contribution in [-0.2, 0) is 47.5 Å². The second kappa shape index (κ2) is 43.1. The van der Waals surface area contributed by atoms with Gasteiger partial charge in [-0.2, -0.15) is 0 Å². The molecule has 4 bridgehead atoms. The summed E-state index contributed by atoms with van der Waals surface area (Å²) in [4.78, 5) is 27.8. The van der Waals surface area contributed by atoms with Crippen LogP contribution in [-0.4, -0.2) is 213 Å². The quantitative estimate of drug-likeness (QED) is 0.0451. The van der Waals surface area contributed by atoms with Gasteiger partial charge in [-0.05, 0) is 160 Å². The summed E-state index contributed by atoms with van der Waals surface area (Å²) in [6.45, 7) is 21.8. The highest BCUT2D eigenvalue weighted by atomic mass is 16.6. The topological polar surface area (TPSA) is 310 Å². The minimum Gasteiger partial charge on any atom is -0.459 e. The largest absolute Gasteiger partial charge is 0.459 e. The minimum absolute atomic E-state index is 0.00488. The van der Waals surface area contributed by atoms with Crippen LogP contribution in [0.2, 0.25) is 0 Å². The van der Waals surface area contributed by atoms with E-state index >= 15 is 0 Å². The molecule has 98 heavy (non-hydrogen) atoms. The van der Waals surface area contributed by atoms with Crippen LogP contribution in [0.5, 0.6) is 0 Å². The number of esters is 2. The maximum absolute atomic E-state index is 13.9. The zero-order valence-electron chi connectivity index (χ0n) is 61.8. The van der Waals surface area contributed by atoms with Crippen LogP contribution in [0, 0.1) is 59.2 Å². The summed E-state index contributed by atoms with van der Waals surface area (Å²) in [5.74, 6) is -6.46. The van der Waals surface area contributed by atoms with Gasteiger partial charge in [-0.25, -0.2) is 9.59 Å². The molecule has 0 saturated carbocycles. The number of allylic oxidation sites excluding steroid dienone is 4. The molecule has 30 atom stereocenters. The Bertz CT molecular complexity index is 2480. The van der Waals surface area contributed by atoms with E-state index in [2.05, 4.69) is 0 Å². The van der Waals surface area contributed by atoms with Crippen LogP contribution in [0.3, 0.4) is 0 Å². The molecule has 564 valence electrons. The average molecular weight is 1390 g/mol. The Morgan fingerprint density at radius 1 is 0.520 bits per heavy atom. The fourth-order valence-electron chi connectivity index (χ4n) is 15.5. The van der Waals surface area contributed by atoms with Crippen molar-refractivity contribution >= 4 is 11.9 Å². The van der Waals surface area contributed by atoms with E-state index in [1.165, 1.54) is 12.2 Å². The van der Waals surface area contributed by atoms with E-state index in [0.29, 0.717) is 56.1 Å². The van der Waals surface area contributed by atoms with Crippen molar-refractivity contribution in [1.29, 1.82) is 0 Å². The molecule has 5 aliphatic rings. The van der Waals surface area contributed by atoms with E-state index in [1.807, 2.05) is 84.9 Å². The number of cyclic esters (lactones) is 2. The van der Waals surface area contributed by atoms with E-state index in [0.717, 1.165) is 32.1 Å². The SMILES string of the molecule is CO[C@H]1CC(CC[C@H](C)[C@H](O)[C@H](C)[C@@H](O)[C@@H](C)[C@H](O)CC2OC(=O)C=CC(C)=CC[C@H](O)C[C@@H]3C=CCC(C[C@H](CO)[C@@H](C)[C@@H](O)C[C@@H](O)[C@H](C)[C@H](O)[C@@H](C)[C@H]([C@@H](C)CC[C@H]4C[C@H](OC)C[C@H](C)O4)OC(=O)C=CC(C)=CC[C@H](O)C[C@@H]4C=CCC(C[C@H](CO)[C@H]2C)O4)O3)O[C@@H](C)C1. The second-order valence-electron chi connectivity index (χ2n) is 30.7. The fraction of sp³-hybridized carbons (Fsp3) is 0.821. The van der Waals surface area contributed by atoms with Gasteiger partial charge in [0.25, 0.3) is 0 Å². The molecule has 0 aliphatic carbocycles. The Hall–Kier alpha value is -3.26. The third-order valence-corrected chi connectivity index (χ3v) is 22.6. The number of carbonyl (C=O) groups excluding carboxylic acids is 2. The lowest BCUT2D eigenvalue weighted by atomic mass is 9.78. The molecule has 10 N–H and O–H groups in total. The number of aliphatic hydroxyl groups excluding tert-OH is 10. The van der Waals surface area contributed by atoms with E-state index < -0.39 is 133 Å². The third kappa shape index (κ3) is 28.1. The van der Waals surface area contributed by atoms with E-state index in [9.17, 15) is 60.7 Å². The van der Waals surface area contributed by atoms with Crippen LogP contribution in [0.25, 0.3) is 0 Å². The molecule has 5 aliphatic heterocycles. The summed E-state index contributed by atoms with van der Waals surface area (Å²) in [5.41, 5.74) is 1.37. The first-order valence-corrected chi connectivity index (χ1v) is 37.2. The Morgan fingerprint density at radius 3 is 1.48 bits per heavy atom. The molecular formula is C78H132O20. The molecule has 0 aromatic rings. The van der Waals surface area contributed by atoms with Crippen molar-refractivity contribution in [1.82, 2.24) is 0 Å². The number of carbonyl (C=O) groups is 2. The fourth-order valence-corrected chi connectivity index (χ4v) is 15.5. The first-order chi connectivity index (χ1) is 46.4. The summed E-state index contributed by atoms with van der Waals surface area (Å²) < 4.78 is 49.3. The number of hydrogen-bond acceptors (Lipinski definition) is 20. The summed E-state index contributed by atoms with van der Waals surface area (Å²) in [7, 11) is 3.42. The summed E-state index contributed by atoms with van der Waals surface area (Å²) >= 11 is 0. The van der Waals surface area contributed by atoms with Crippen LogP contribution in [0.1, 0.15) is 199 Å². The van der Waals surface area contributed by atoms with Crippen LogP contribution < -0.4 is 0 Å². The number of ether oxygens (including phenoxy) is 8. The Balaban J connectivity index is 1.36. The van der Waals surface area contributed by atoms with Gasteiger partial charge in [0.05, 0.1) is 110 Å². The lowest BCUT2D eigenvalue weighted by Crippen LogP contribution is -2.44. The number of fused-ring (bicyclic) bond motifs is 4. The Labute approximate surface area is 587 Å². The van der Waals surface area contributed by atoms with Crippen molar-refractivity contribution in [3.05, 3.63) is 71.9 Å². The van der Waals surface area contributed by atoms with Gasteiger partial charge in [-0.1, -0.05) is 115 Å². The van der Waals surface area contributed by atoms with Crippen molar-refractivity contribution in [2.75, 3.05) is 27.4 Å². The molecule has 0 aromatic heterocycles. The molecule has 4 unspecified atom stereocenters. The molecule has 20 nitrogen and oxygen atoms in total. The van der Waals surface area contributed by atoms with Gasteiger partial charge in [0.15, 0.2) is 0 Å². The predicted octanol–water partition coefficient (Wildman–Crippen LogP) is 9.30. The van der Waals surface area contributed by atoms with Crippen molar-refractivity contribution in [3.8, 4) is 0 Å². The second-order valence-corrected chi connectivity index (χ2v) is 30.7. The number of hydrogen-bond donors (Lipinski definition) is 10. The van der Waals surface area contributed by atoms with Gasteiger partial charge >= 0.3 is 11.9 Å². The molecule has 2 saturated heterocycles. The van der Waals surface area contributed by atoms with Crippen LogP contribution in [0.15, 0.2) is 71.9 Å². The molecule has 5 heterocycles. The van der Waals surface area contributed by atoms with Gasteiger partial charge in [-0.3, -0.25) is 0 Å². The monoisotopic (exact) mass is 1390 g/mol. The summed E-state index contributed by atoms with van der Waals surface area (Å²) in [6, 6.07) is 0. The van der Waals surface area contributed by atoms with Crippen molar-refractivity contribution in [2.45, 2.75) is 321 Å². The van der Waals surface area contributed by atoms with E-state index in [4.69, 9.17) is 37.9 Å². The Kier molecular flexibility index (Phi) is 37.6. The van der Waals surface area contributed by atoms with Gasteiger partial charge in [0.1, 0.15) is 12.2 Å². The zero-order chi connectivity index (χ0) is 72.5. The van der Waals surface area contributed by atoms with E-state index in [-0.39, 0.29) is 112 Å². The highest BCUT2D eigenvalue weighted by Crippen LogP contribution is 2.37. The number of rotatable bonds is 18. The number of methoxy groups -OCH3 is 2. The molecule has 5 rings (SSSR count). The molecule has 20 heteroatoms. The molecule has 0 radical (unpaired) electrons. The van der Waals surface area contributed by atoms with Gasteiger partial charge in [-0.15, -0.1) is 0 Å². The third-order valence-electron chi connectivity index (χ3n) is 22.6. The summed E-state index contributed by atoms with van der Waals surface area (Å²) in [5, 5.41) is 115. The normalized spacial score (nSPS) is 38.7. The molecule has 0 aromatic carbocycles. The van der Waals surface area contributed by atoms with Crippen molar-refractivity contribution in [3.63, 3.8) is 0 Å². The first kappa shape index (κ1) is 85.4. The van der Waals surface area contributed by atoms with Crippen molar-refractivity contribution in [2.24, 2.45) is 59.2 Å². The predicted molar refractivity (Wildman–Crippen MR) is 377 cm³/mol. The standard InChI is InChI=1S/C78H132O20/c1-45-21-27-59(81)37-63-19-15-17-61(95-63)35-57(43-79)51(7)69(83)41-70(84)53(9)77(90)56(12)78(48(4)26-30-66-40-68(92-14)34-50(6)94-66)98-74(87)32-24-46(2)22-28-60(82)38-64-20-16-18-62(96-64)36-58(44-80)52(8)72(97-73(86)31-23-45)42-71(85)54(10)76(89)55(11)75(88)47(3)25-29-65-39-67(91-13)33-49(5)93-65/h15-16,19-24,31-32,47-72,75-85,88-90H,17-18,25-30,33-44H2,1-14H3/t47-,48-,49-,50-,51+,52+,53-,54-,55-,56+,57+,58+,59-,60-,61?,62?,63-,64-,65?,66-,67+,68+,69-,70+,71+,72?,75-,76-,77-,78-/m0/s1. The van der Waals surface area contributed by atoms with Crippen LogP contribution in [0.4, 0.5) is 0 Å². The van der Waals surface area contributed by atoms with Crippen LogP contribution >= 0.6 is 0 Å². The lowest BCUT2D eigenvalue weighted by molar-refractivity contribution is -0.155. The average Bonchev–Trinajstić information content (AvgIpc) is 1.01. The van der Waals surface area contributed by atoms with Gasteiger partial charge < -0.3 is 89.0 Å². The van der Waals surface area contributed by atoms with Gasteiger partial charge in [0.2, 0.25) is 0 Å². The molecule has 0 spiro atoms. The van der Waals surface area contributed by atoms with E-state index in [1.54, 1.807) is 61.0 Å². The number of aliphatic hydroxyl groups is 10. The zero-order valence-corrected chi connectivity index (χ0v) is 61.8. The highest BCUT2D eigenvalue weighted by Gasteiger charge is 2.42.